The molecule has 1 aromatic carbocycles. The highest BCUT2D eigenvalue weighted by molar-refractivity contribution is 7.89. The van der Waals surface area contributed by atoms with E-state index in [0.717, 1.165) is 6.07 Å². The summed E-state index contributed by atoms with van der Waals surface area (Å²) in [5.74, 6) is -0.107. The predicted octanol–water partition coefficient (Wildman–Crippen LogP) is 3.74. The lowest BCUT2D eigenvalue weighted by molar-refractivity contribution is -0.385. The van der Waals surface area contributed by atoms with Gasteiger partial charge in [-0.3, -0.25) is 14.9 Å². The van der Waals surface area contributed by atoms with Gasteiger partial charge in [0.2, 0.25) is 15.8 Å². The average molecular weight is 423 g/mol. The van der Waals surface area contributed by atoms with Crippen LogP contribution in [0.3, 0.4) is 0 Å². The Morgan fingerprint density at radius 1 is 1.22 bits per heavy atom. The maximum atomic E-state index is 12.5. The largest absolute Gasteiger partial charge is 0.288 e. The SMILES string of the molecule is Cc1ccc([N+](=O)[O-])cc1S(=O)(=O)NCc1ccc(C(=O)c2ccsc2)s1. The zero-order valence-corrected chi connectivity index (χ0v) is 16.5. The van der Waals surface area contributed by atoms with Crippen LogP contribution in [0.15, 0.2) is 52.1 Å². The zero-order chi connectivity index (χ0) is 19.6. The van der Waals surface area contributed by atoms with E-state index in [1.54, 1.807) is 30.5 Å². The van der Waals surface area contributed by atoms with Crippen molar-refractivity contribution in [2.45, 2.75) is 18.4 Å². The van der Waals surface area contributed by atoms with Gasteiger partial charge in [-0.1, -0.05) is 6.07 Å². The monoisotopic (exact) mass is 422 g/mol. The lowest BCUT2D eigenvalue weighted by atomic mass is 10.2. The van der Waals surface area contributed by atoms with E-state index in [-0.39, 0.29) is 22.9 Å². The molecular weight excluding hydrogens is 408 g/mol. The normalized spacial score (nSPS) is 11.4. The Kier molecular flexibility index (Phi) is 5.51. The molecule has 0 aliphatic carbocycles. The fourth-order valence-electron chi connectivity index (χ4n) is 2.37. The van der Waals surface area contributed by atoms with E-state index in [9.17, 15) is 23.3 Å². The molecule has 0 amide bonds. The Balaban J connectivity index is 1.76. The number of nitrogens with zero attached hydrogens (tertiary/aromatic N) is 1. The third-order valence-corrected chi connectivity index (χ3v) is 7.09. The quantitative estimate of drug-likeness (QED) is 0.355. The first-order valence-corrected chi connectivity index (χ1v) is 10.9. The molecule has 0 aliphatic rings. The van der Waals surface area contributed by atoms with Crippen molar-refractivity contribution in [1.29, 1.82) is 0 Å². The maximum Gasteiger partial charge on any atom is 0.270 e. The summed E-state index contributed by atoms with van der Waals surface area (Å²) in [4.78, 5) is 23.6. The summed E-state index contributed by atoms with van der Waals surface area (Å²) >= 11 is 2.64. The molecule has 0 fully saturated rings. The van der Waals surface area contributed by atoms with Crippen molar-refractivity contribution in [1.82, 2.24) is 4.72 Å². The Bertz CT molecular complexity index is 1100. The van der Waals surface area contributed by atoms with Crippen LogP contribution in [-0.2, 0) is 16.6 Å². The summed E-state index contributed by atoms with van der Waals surface area (Å²) in [5.41, 5.74) is 0.717. The zero-order valence-electron chi connectivity index (χ0n) is 14.0. The molecule has 7 nitrogen and oxygen atoms in total. The van der Waals surface area contributed by atoms with Gasteiger partial charge in [-0.15, -0.1) is 11.3 Å². The Labute approximate surface area is 163 Å². The van der Waals surface area contributed by atoms with Crippen molar-refractivity contribution in [3.05, 3.63) is 78.2 Å². The highest BCUT2D eigenvalue weighted by atomic mass is 32.2. The molecule has 2 aromatic heterocycles. The molecular formula is C17H14N2O5S3. The number of carbonyl (C=O) groups is 1. The number of hydrogen-bond acceptors (Lipinski definition) is 7. The minimum atomic E-state index is -3.93. The molecule has 140 valence electrons. The van der Waals surface area contributed by atoms with Crippen LogP contribution in [0.4, 0.5) is 5.69 Å². The first-order chi connectivity index (χ1) is 12.8. The molecule has 0 saturated heterocycles. The highest BCUT2D eigenvalue weighted by Gasteiger charge is 2.21. The number of ketones is 1. The lowest BCUT2D eigenvalue weighted by Crippen LogP contribution is -2.23. The van der Waals surface area contributed by atoms with Crippen molar-refractivity contribution < 1.29 is 18.1 Å². The molecule has 0 bridgehead atoms. The molecule has 3 rings (SSSR count). The molecule has 27 heavy (non-hydrogen) atoms. The second-order valence-electron chi connectivity index (χ2n) is 5.64. The van der Waals surface area contributed by atoms with E-state index in [0.29, 0.717) is 20.9 Å². The van der Waals surface area contributed by atoms with Gasteiger partial charge in [-0.05, 0) is 36.1 Å². The van der Waals surface area contributed by atoms with Gasteiger partial charge in [0, 0.05) is 34.5 Å². The van der Waals surface area contributed by atoms with Gasteiger partial charge in [0.25, 0.3) is 5.69 Å². The van der Waals surface area contributed by atoms with Crippen molar-refractivity contribution >= 4 is 44.2 Å². The van der Waals surface area contributed by atoms with Crippen LogP contribution in [0.1, 0.15) is 25.7 Å². The molecule has 0 spiro atoms. The number of aryl methyl sites for hydroxylation is 1. The topological polar surface area (TPSA) is 106 Å². The van der Waals surface area contributed by atoms with Crippen LogP contribution in [0.25, 0.3) is 0 Å². The van der Waals surface area contributed by atoms with Crippen molar-refractivity contribution in [3.63, 3.8) is 0 Å². The summed E-state index contributed by atoms with van der Waals surface area (Å²) < 4.78 is 27.5. The number of nitrogens with one attached hydrogen (secondary N) is 1. The second kappa shape index (κ2) is 7.69. The predicted molar refractivity (Wildman–Crippen MR) is 104 cm³/mol. The summed E-state index contributed by atoms with van der Waals surface area (Å²) in [6.45, 7) is 1.56. The minimum Gasteiger partial charge on any atom is -0.288 e. The number of hydrogen-bond donors (Lipinski definition) is 1. The number of nitro benzene ring substituents is 1. The van der Waals surface area contributed by atoms with E-state index in [4.69, 9.17) is 0 Å². The summed E-state index contributed by atoms with van der Waals surface area (Å²) in [6, 6.07) is 8.78. The van der Waals surface area contributed by atoms with Crippen LogP contribution in [0.5, 0.6) is 0 Å². The third kappa shape index (κ3) is 4.30. The average Bonchev–Trinajstić information content (AvgIpc) is 3.31. The van der Waals surface area contributed by atoms with Crippen LogP contribution >= 0.6 is 22.7 Å². The number of rotatable bonds is 7. The molecule has 2 heterocycles. The molecule has 3 aromatic rings. The van der Waals surface area contributed by atoms with E-state index in [2.05, 4.69) is 4.72 Å². The number of sulfonamides is 1. The first kappa shape index (κ1) is 19.4. The van der Waals surface area contributed by atoms with Crippen LogP contribution in [0, 0.1) is 17.0 Å². The summed E-state index contributed by atoms with van der Waals surface area (Å²) in [7, 11) is -3.93. The molecule has 0 unspecified atom stereocenters. The van der Waals surface area contributed by atoms with E-state index in [1.165, 1.54) is 34.8 Å². The van der Waals surface area contributed by atoms with E-state index >= 15 is 0 Å². The van der Waals surface area contributed by atoms with Crippen molar-refractivity contribution in [2.24, 2.45) is 0 Å². The Hall–Kier alpha value is -2.40. The van der Waals surface area contributed by atoms with E-state index in [1.807, 2.05) is 5.38 Å². The smallest absolute Gasteiger partial charge is 0.270 e. The molecule has 1 N–H and O–H groups in total. The first-order valence-electron chi connectivity index (χ1n) is 7.68. The minimum absolute atomic E-state index is 0.00789. The number of carbonyl (C=O) groups excluding carboxylic acids is 1. The van der Waals surface area contributed by atoms with Gasteiger partial charge in [0.1, 0.15) is 0 Å². The molecule has 0 saturated carbocycles. The van der Waals surface area contributed by atoms with Crippen LogP contribution < -0.4 is 4.72 Å². The van der Waals surface area contributed by atoms with Gasteiger partial charge < -0.3 is 0 Å². The Morgan fingerprint density at radius 3 is 2.67 bits per heavy atom. The highest BCUT2D eigenvalue weighted by Crippen LogP contribution is 2.24. The lowest BCUT2D eigenvalue weighted by Gasteiger charge is -2.08. The molecule has 10 heteroatoms. The van der Waals surface area contributed by atoms with Crippen LogP contribution in [0.2, 0.25) is 0 Å². The van der Waals surface area contributed by atoms with Crippen molar-refractivity contribution in [3.8, 4) is 0 Å². The molecule has 0 radical (unpaired) electrons. The number of benzene rings is 1. The number of nitro groups is 1. The van der Waals surface area contributed by atoms with Gasteiger partial charge in [0.05, 0.1) is 14.7 Å². The third-order valence-electron chi connectivity index (χ3n) is 3.78. The van der Waals surface area contributed by atoms with Gasteiger partial charge in [-0.2, -0.15) is 11.3 Å². The number of non-ortho nitro benzene ring substituents is 1. The summed E-state index contributed by atoms with van der Waals surface area (Å²) in [5, 5.41) is 14.5. The van der Waals surface area contributed by atoms with Gasteiger partial charge in [0.15, 0.2) is 0 Å². The summed E-state index contributed by atoms with van der Waals surface area (Å²) in [6.07, 6.45) is 0. The van der Waals surface area contributed by atoms with Gasteiger partial charge >= 0.3 is 0 Å². The second-order valence-corrected chi connectivity index (χ2v) is 9.32. The maximum absolute atomic E-state index is 12.5. The molecule has 0 aliphatic heterocycles. The Morgan fingerprint density at radius 2 is 2.00 bits per heavy atom. The van der Waals surface area contributed by atoms with E-state index < -0.39 is 14.9 Å². The number of thiophene rings is 2. The molecule has 0 atom stereocenters. The fraction of sp³-hybridized carbons (Fsp3) is 0.118. The van der Waals surface area contributed by atoms with Crippen molar-refractivity contribution in [2.75, 3.05) is 0 Å². The van der Waals surface area contributed by atoms with Crippen LogP contribution in [-0.4, -0.2) is 19.1 Å². The standard InChI is InChI=1S/C17H14N2O5S3/c1-11-2-3-13(19(21)22)8-16(11)27(23,24)18-9-14-4-5-15(26-14)17(20)12-6-7-25-10-12/h2-8,10,18H,9H2,1H3. The van der Waals surface area contributed by atoms with Gasteiger partial charge in [-0.25, -0.2) is 13.1 Å². The fourth-order valence-corrected chi connectivity index (χ4v) is 5.27.